The fraction of sp³-hybridized carbons (Fsp3) is 0.286. The topological polar surface area (TPSA) is 99.9 Å². The van der Waals surface area contributed by atoms with Crippen LogP contribution < -0.4 is 10.4 Å². The minimum atomic E-state index is -1.30. The second-order valence-corrected chi connectivity index (χ2v) is 5.58. The van der Waals surface area contributed by atoms with Crippen LogP contribution in [-0.4, -0.2) is 38.4 Å². The Morgan fingerprint density at radius 1 is 1.36 bits per heavy atom. The molecule has 7 nitrogen and oxygen atoms in total. The predicted octanol–water partition coefficient (Wildman–Crippen LogP) is -0.615. The highest BCUT2D eigenvalue weighted by Gasteiger charge is 2.15. The first kappa shape index (κ1) is 16.0. The summed E-state index contributed by atoms with van der Waals surface area (Å²) < 4.78 is 1.68. The van der Waals surface area contributed by atoms with E-state index in [9.17, 15) is 14.7 Å². The number of aryl methyl sites for hydroxylation is 1. The molecule has 0 aliphatic carbocycles. The van der Waals surface area contributed by atoms with E-state index in [1.165, 1.54) is 18.1 Å². The maximum atomic E-state index is 11.9. The number of nitrogens with zero attached hydrogens (tertiary/aromatic N) is 3. The van der Waals surface area contributed by atoms with Crippen molar-refractivity contribution < 1.29 is 14.7 Å². The summed E-state index contributed by atoms with van der Waals surface area (Å²) in [5, 5.41) is 21.8. The van der Waals surface area contributed by atoms with E-state index in [1.807, 2.05) is 18.2 Å². The molecular weight excluding hydrogens is 304 g/mol. The molecule has 0 saturated carbocycles. The molecular formula is C14H15N4O3S-. The summed E-state index contributed by atoms with van der Waals surface area (Å²) >= 11 is 1.19. The molecule has 0 aliphatic rings. The normalized spacial score (nSPS) is 11.9. The number of aliphatic carboxylic acids is 1. The first-order valence-corrected chi connectivity index (χ1v) is 7.55. The van der Waals surface area contributed by atoms with Crippen LogP contribution in [0.4, 0.5) is 0 Å². The third-order valence-electron chi connectivity index (χ3n) is 2.90. The number of amides is 1. The molecule has 1 atom stereocenters. The van der Waals surface area contributed by atoms with Crippen molar-refractivity contribution in [3.05, 3.63) is 42.2 Å². The Hall–Kier alpha value is -2.35. The van der Waals surface area contributed by atoms with E-state index in [0.29, 0.717) is 5.16 Å². The van der Waals surface area contributed by atoms with Crippen LogP contribution >= 0.6 is 11.8 Å². The zero-order valence-corrected chi connectivity index (χ0v) is 12.7. The highest BCUT2D eigenvalue weighted by molar-refractivity contribution is 7.99. The standard InChI is InChI=1S/C14H16N4O3S/c1-18-9-15-17-14(18)22-8-12(19)16-11(13(20)21)7-10-5-3-2-4-6-10/h2-6,9,11H,7-8H2,1H3,(H,16,19)(H,20,21)/p-1/t11-/m1/s1. The van der Waals surface area contributed by atoms with E-state index in [0.717, 1.165) is 5.56 Å². The van der Waals surface area contributed by atoms with E-state index in [4.69, 9.17) is 0 Å². The minimum Gasteiger partial charge on any atom is -0.548 e. The summed E-state index contributed by atoms with van der Waals surface area (Å²) in [5.41, 5.74) is 0.818. The summed E-state index contributed by atoms with van der Waals surface area (Å²) in [4.78, 5) is 23.0. The number of rotatable bonds is 7. The Morgan fingerprint density at radius 3 is 2.68 bits per heavy atom. The molecule has 0 spiro atoms. The van der Waals surface area contributed by atoms with E-state index in [1.54, 1.807) is 23.7 Å². The van der Waals surface area contributed by atoms with Gasteiger partial charge in [-0.05, 0) is 12.0 Å². The van der Waals surface area contributed by atoms with Gasteiger partial charge in [0.05, 0.1) is 17.8 Å². The number of hydrogen-bond donors (Lipinski definition) is 1. The summed E-state index contributed by atoms with van der Waals surface area (Å²) in [6.07, 6.45) is 1.71. The Balaban J connectivity index is 1.89. The zero-order chi connectivity index (χ0) is 15.9. The van der Waals surface area contributed by atoms with Crippen molar-refractivity contribution >= 4 is 23.6 Å². The number of carboxylic acids is 1. The third kappa shape index (κ3) is 4.59. The van der Waals surface area contributed by atoms with Crippen molar-refractivity contribution in [2.75, 3.05) is 5.75 Å². The molecule has 0 aliphatic heterocycles. The van der Waals surface area contributed by atoms with Gasteiger partial charge < -0.3 is 19.8 Å². The highest BCUT2D eigenvalue weighted by Crippen LogP contribution is 2.12. The van der Waals surface area contributed by atoms with E-state index in [-0.39, 0.29) is 12.2 Å². The van der Waals surface area contributed by atoms with Crippen LogP contribution in [0.2, 0.25) is 0 Å². The van der Waals surface area contributed by atoms with Crippen LogP contribution in [0.1, 0.15) is 5.56 Å². The molecule has 116 valence electrons. The molecule has 0 saturated heterocycles. The Kier molecular flexibility index (Phi) is 5.54. The second-order valence-electron chi connectivity index (χ2n) is 4.64. The van der Waals surface area contributed by atoms with Crippen molar-refractivity contribution in [3.63, 3.8) is 0 Å². The average Bonchev–Trinajstić information content (AvgIpc) is 2.91. The number of aromatic nitrogens is 3. The molecule has 1 N–H and O–H groups in total. The van der Waals surface area contributed by atoms with Crippen LogP contribution in [0, 0.1) is 0 Å². The van der Waals surface area contributed by atoms with Gasteiger partial charge in [0.25, 0.3) is 0 Å². The summed E-state index contributed by atoms with van der Waals surface area (Å²) in [7, 11) is 1.76. The SMILES string of the molecule is Cn1cnnc1SCC(=O)N[C@H](Cc1ccccc1)C(=O)[O-]. The lowest BCUT2D eigenvalue weighted by Gasteiger charge is -2.19. The molecule has 1 heterocycles. The summed E-state index contributed by atoms with van der Waals surface area (Å²) in [6, 6.07) is 8.01. The number of carbonyl (C=O) groups excluding carboxylic acids is 2. The minimum absolute atomic E-state index is 0.0606. The number of carboxylic acid groups (broad SMARTS) is 1. The van der Waals surface area contributed by atoms with E-state index >= 15 is 0 Å². The quantitative estimate of drug-likeness (QED) is 0.683. The number of thioether (sulfide) groups is 1. The maximum Gasteiger partial charge on any atom is 0.231 e. The van der Waals surface area contributed by atoms with Crippen molar-refractivity contribution in [1.29, 1.82) is 0 Å². The van der Waals surface area contributed by atoms with Gasteiger partial charge in [0.1, 0.15) is 6.33 Å². The average molecular weight is 319 g/mol. The van der Waals surface area contributed by atoms with Crippen LogP contribution in [0.5, 0.6) is 0 Å². The largest absolute Gasteiger partial charge is 0.548 e. The maximum absolute atomic E-state index is 11.9. The van der Waals surface area contributed by atoms with E-state index in [2.05, 4.69) is 15.5 Å². The monoisotopic (exact) mass is 319 g/mol. The fourth-order valence-electron chi connectivity index (χ4n) is 1.81. The summed E-state index contributed by atoms with van der Waals surface area (Å²) in [5.74, 6) is -1.63. The molecule has 2 rings (SSSR count). The molecule has 22 heavy (non-hydrogen) atoms. The lowest BCUT2D eigenvalue weighted by Crippen LogP contribution is -2.49. The van der Waals surface area contributed by atoms with Crippen LogP contribution in [-0.2, 0) is 23.1 Å². The molecule has 8 heteroatoms. The van der Waals surface area contributed by atoms with Gasteiger partial charge in [-0.3, -0.25) is 4.79 Å². The smallest absolute Gasteiger partial charge is 0.231 e. The van der Waals surface area contributed by atoms with Gasteiger partial charge in [0, 0.05) is 7.05 Å². The Bertz CT molecular complexity index is 645. The van der Waals surface area contributed by atoms with Gasteiger partial charge in [0.15, 0.2) is 5.16 Å². The lowest BCUT2D eigenvalue weighted by molar-refractivity contribution is -0.308. The first-order valence-electron chi connectivity index (χ1n) is 6.57. The number of nitrogens with one attached hydrogen (secondary N) is 1. The number of carbonyl (C=O) groups is 2. The van der Waals surface area contributed by atoms with Crippen molar-refractivity contribution in [1.82, 2.24) is 20.1 Å². The van der Waals surface area contributed by atoms with Gasteiger partial charge in [-0.1, -0.05) is 42.1 Å². The Labute approximate surface area is 131 Å². The van der Waals surface area contributed by atoms with Crippen LogP contribution in [0.3, 0.4) is 0 Å². The molecule has 0 unspecified atom stereocenters. The second kappa shape index (κ2) is 7.60. The molecule has 0 radical (unpaired) electrons. The molecule has 1 aromatic heterocycles. The van der Waals surface area contributed by atoms with Gasteiger partial charge in [-0.25, -0.2) is 0 Å². The van der Waals surface area contributed by atoms with Gasteiger partial charge >= 0.3 is 0 Å². The van der Waals surface area contributed by atoms with E-state index < -0.39 is 17.9 Å². The van der Waals surface area contributed by atoms with Crippen molar-refractivity contribution in [2.45, 2.75) is 17.6 Å². The highest BCUT2D eigenvalue weighted by atomic mass is 32.2. The molecule has 1 amide bonds. The summed E-state index contributed by atoms with van der Waals surface area (Å²) in [6.45, 7) is 0. The van der Waals surface area contributed by atoms with Crippen LogP contribution in [0.15, 0.2) is 41.8 Å². The van der Waals surface area contributed by atoms with Crippen LogP contribution in [0.25, 0.3) is 0 Å². The van der Waals surface area contributed by atoms with Gasteiger partial charge in [-0.2, -0.15) is 0 Å². The first-order chi connectivity index (χ1) is 10.6. The number of benzene rings is 1. The lowest BCUT2D eigenvalue weighted by atomic mass is 10.1. The molecule has 1 aromatic carbocycles. The third-order valence-corrected chi connectivity index (χ3v) is 3.94. The Morgan fingerprint density at radius 2 is 2.09 bits per heavy atom. The molecule has 0 bridgehead atoms. The zero-order valence-electron chi connectivity index (χ0n) is 11.9. The van der Waals surface area contributed by atoms with Gasteiger partial charge in [0.2, 0.25) is 5.91 Å². The molecule has 2 aromatic rings. The fourth-order valence-corrected chi connectivity index (χ4v) is 2.51. The van der Waals surface area contributed by atoms with Crippen molar-refractivity contribution in [3.8, 4) is 0 Å². The van der Waals surface area contributed by atoms with Gasteiger partial charge in [-0.15, -0.1) is 10.2 Å². The number of hydrogen-bond acceptors (Lipinski definition) is 6. The predicted molar refractivity (Wildman–Crippen MR) is 78.8 cm³/mol. The van der Waals surface area contributed by atoms with Crippen molar-refractivity contribution in [2.24, 2.45) is 7.05 Å². The molecule has 0 fully saturated rings.